The van der Waals surface area contributed by atoms with Crippen LogP contribution in [0.2, 0.25) is 0 Å². The molecule has 1 saturated heterocycles. The maximum Gasteiger partial charge on any atom is 0.190 e. The minimum atomic E-state index is 0.634. The lowest BCUT2D eigenvalue weighted by Crippen LogP contribution is -2.42. The molecule has 27 heavy (non-hydrogen) atoms. The highest BCUT2D eigenvalue weighted by molar-refractivity contribution is 5.79. The number of hydrogen-bond acceptors (Lipinski definition) is 4. The first kappa shape index (κ1) is 21.4. The van der Waals surface area contributed by atoms with Gasteiger partial charge in [-0.15, -0.1) is 0 Å². The average molecular weight is 377 g/mol. The minimum absolute atomic E-state index is 0.634. The third-order valence-corrected chi connectivity index (χ3v) is 4.93. The molecule has 0 unspecified atom stereocenters. The van der Waals surface area contributed by atoms with Crippen LogP contribution in [0, 0.1) is 5.92 Å². The van der Waals surface area contributed by atoms with Crippen LogP contribution in [0.5, 0.6) is 11.5 Å². The van der Waals surface area contributed by atoms with E-state index >= 15 is 0 Å². The predicted molar refractivity (Wildman–Crippen MR) is 112 cm³/mol. The smallest absolute Gasteiger partial charge is 0.190 e. The molecule has 1 aromatic rings. The van der Waals surface area contributed by atoms with Crippen molar-refractivity contribution in [1.82, 2.24) is 15.5 Å². The average Bonchev–Trinajstić information content (AvgIpc) is 2.68. The number of nitrogens with one attached hydrogen (secondary N) is 2. The van der Waals surface area contributed by atoms with Crippen molar-refractivity contribution in [2.24, 2.45) is 10.9 Å². The van der Waals surface area contributed by atoms with Gasteiger partial charge in [-0.1, -0.05) is 6.07 Å². The molecule has 152 valence electrons. The molecule has 6 heteroatoms. The fourth-order valence-corrected chi connectivity index (χ4v) is 3.30. The SMILES string of the molecule is CCOc1ccc(CCNC(=NC)NCC2CCN(C)CC2)cc1OCC. The number of piperidine rings is 1. The van der Waals surface area contributed by atoms with Gasteiger partial charge in [-0.2, -0.15) is 0 Å². The van der Waals surface area contributed by atoms with Gasteiger partial charge in [0.1, 0.15) is 0 Å². The summed E-state index contributed by atoms with van der Waals surface area (Å²) in [5.74, 6) is 3.25. The number of ether oxygens (including phenoxy) is 2. The summed E-state index contributed by atoms with van der Waals surface area (Å²) >= 11 is 0. The maximum atomic E-state index is 5.71. The van der Waals surface area contributed by atoms with E-state index in [4.69, 9.17) is 9.47 Å². The number of nitrogens with zero attached hydrogens (tertiary/aromatic N) is 2. The van der Waals surface area contributed by atoms with Gasteiger partial charge in [0, 0.05) is 20.1 Å². The van der Waals surface area contributed by atoms with E-state index in [0.717, 1.165) is 42.9 Å². The second-order valence-electron chi connectivity index (χ2n) is 7.02. The zero-order valence-corrected chi connectivity index (χ0v) is 17.4. The topological polar surface area (TPSA) is 58.1 Å². The minimum Gasteiger partial charge on any atom is -0.490 e. The Morgan fingerprint density at radius 1 is 1.11 bits per heavy atom. The molecule has 0 radical (unpaired) electrons. The molecule has 0 amide bonds. The van der Waals surface area contributed by atoms with Crippen molar-refractivity contribution >= 4 is 5.96 Å². The first-order chi connectivity index (χ1) is 13.2. The van der Waals surface area contributed by atoms with Gasteiger partial charge in [0.25, 0.3) is 0 Å². The quantitative estimate of drug-likeness (QED) is 0.512. The molecular weight excluding hydrogens is 340 g/mol. The van der Waals surface area contributed by atoms with Crippen LogP contribution in [0.1, 0.15) is 32.3 Å². The molecule has 1 aliphatic heterocycles. The third-order valence-electron chi connectivity index (χ3n) is 4.93. The molecule has 2 N–H and O–H groups in total. The first-order valence-electron chi connectivity index (χ1n) is 10.2. The molecular formula is C21H36N4O2. The van der Waals surface area contributed by atoms with Crippen LogP contribution in [0.3, 0.4) is 0 Å². The lowest BCUT2D eigenvalue weighted by atomic mass is 9.97. The first-order valence-corrected chi connectivity index (χ1v) is 10.2. The molecule has 0 aliphatic carbocycles. The summed E-state index contributed by atoms with van der Waals surface area (Å²) in [6.45, 7) is 9.45. The van der Waals surface area contributed by atoms with Crippen LogP contribution in [0.4, 0.5) is 0 Å². The Hall–Kier alpha value is -1.95. The summed E-state index contributed by atoms with van der Waals surface area (Å²) in [4.78, 5) is 6.74. The fraction of sp³-hybridized carbons (Fsp3) is 0.667. The second kappa shape index (κ2) is 11.7. The molecule has 0 bridgehead atoms. The second-order valence-corrected chi connectivity index (χ2v) is 7.02. The number of aliphatic imine (C=N–C) groups is 1. The molecule has 1 heterocycles. The molecule has 0 saturated carbocycles. The largest absolute Gasteiger partial charge is 0.490 e. The van der Waals surface area contributed by atoms with Crippen molar-refractivity contribution in [3.8, 4) is 11.5 Å². The van der Waals surface area contributed by atoms with Gasteiger partial charge in [0.15, 0.2) is 17.5 Å². The van der Waals surface area contributed by atoms with Crippen LogP contribution >= 0.6 is 0 Å². The highest BCUT2D eigenvalue weighted by Crippen LogP contribution is 2.28. The maximum absolute atomic E-state index is 5.71. The van der Waals surface area contributed by atoms with Crippen molar-refractivity contribution in [2.45, 2.75) is 33.1 Å². The zero-order chi connectivity index (χ0) is 19.5. The molecule has 1 aromatic carbocycles. The van der Waals surface area contributed by atoms with Gasteiger partial charge in [-0.3, -0.25) is 4.99 Å². The summed E-state index contributed by atoms with van der Waals surface area (Å²) < 4.78 is 11.3. The van der Waals surface area contributed by atoms with Crippen LogP contribution in [-0.2, 0) is 6.42 Å². The van der Waals surface area contributed by atoms with Gasteiger partial charge in [-0.05, 0) is 76.9 Å². The van der Waals surface area contributed by atoms with E-state index in [9.17, 15) is 0 Å². The van der Waals surface area contributed by atoms with E-state index in [0.29, 0.717) is 13.2 Å². The fourth-order valence-electron chi connectivity index (χ4n) is 3.30. The number of hydrogen-bond donors (Lipinski definition) is 2. The van der Waals surface area contributed by atoms with Crippen LogP contribution in [-0.4, -0.2) is 64.3 Å². The monoisotopic (exact) mass is 376 g/mol. The molecule has 1 aliphatic rings. The Balaban J connectivity index is 1.77. The van der Waals surface area contributed by atoms with E-state index in [1.54, 1.807) is 0 Å². The number of guanidine groups is 1. The Morgan fingerprint density at radius 3 is 2.48 bits per heavy atom. The van der Waals surface area contributed by atoms with Gasteiger partial charge < -0.3 is 25.0 Å². The molecule has 0 spiro atoms. The summed E-state index contributed by atoms with van der Waals surface area (Å²) in [7, 11) is 4.02. The van der Waals surface area contributed by atoms with Crippen molar-refractivity contribution in [1.29, 1.82) is 0 Å². The van der Waals surface area contributed by atoms with E-state index in [1.807, 2.05) is 27.0 Å². The summed E-state index contributed by atoms with van der Waals surface area (Å²) in [5.41, 5.74) is 1.22. The standard InChI is InChI=1S/C21H36N4O2/c1-5-26-19-8-7-17(15-20(19)27-6-2)9-12-23-21(22-3)24-16-18-10-13-25(4)14-11-18/h7-8,15,18H,5-6,9-14,16H2,1-4H3,(H2,22,23,24). The Morgan fingerprint density at radius 2 is 1.81 bits per heavy atom. The highest BCUT2D eigenvalue weighted by Gasteiger charge is 2.16. The van der Waals surface area contributed by atoms with Gasteiger partial charge >= 0.3 is 0 Å². The zero-order valence-electron chi connectivity index (χ0n) is 17.4. The van der Waals surface area contributed by atoms with Crippen LogP contribution in [0.25, 0.3) is 0 Å². The van der Waals surface area contributed by atoms with Crippen LogP contribution in [0.15, 0.2) is 23.2 Å². The number of benzene rings is 1. The Kier molecular flexibility index (Phi) is 9.25. The lowest BCUT2D eigenvalue weighted by molar-refractivity contribution is 0.220. The Bertz CT molecular complexity index is 584. The Labute approximate surface area is 164 Å². The van der Waals surface area contributed by atoms with Crippen LogP contribution < -0.4 is 20.1 Å². The summed E-state index contributed by atoms with van der Waals surface area (Å²) in [6.07, 6.45) is 3.42. The van der Waals surface area contributed by atoms with Crippen molar-refractivity contribution in [3.05, 3.63) is 23.8 Å². The summed E-state index contributed by atoms with van der Waals surface area (Å²) in [5, 5.41) is 6.89. The highest BCUT2D eigenvalue weighted by atomic mass is 16.5. The molecule has 1 fully saturated rings. The van der Waals surface area contributed by atoms with E-state index in [1.165, 1.54) is 31.5 Å². The van der Waals surface area contributed by atoms with E-state index < -0.39 is 0 Å². The van der Waals surface area contributed by atoms with Gasteiger partial charge in [-0.25, -0.2) is 0 Å². The van der Waals surface area contributed by atoms with Gasteiger partial charge in [0.2, 0.25) is 0 Å². The van der Waals surface area contributed by atoms with E-state index in [-0.39, 0.29) is 0 Å². The number of rotatable bonds is 9. The van der Waals surface area contributed by atoms with E-state index in [2.05, 4.69) is 39.7 Å². The summed E-state index contributed by atoms with van der Waals surface area (Å²) in [6, 6.07) is 6.17. The molecule has 0 aromatic heterocycles. The van der Waals surface area contributed by atoms with Crippen molar-refractivity contribution in [2.75, 3.05) is 53.5 Å². The molecule has 0 atom stereocenters. The third kappa shape index (κ3) is 7.29. The normalized spacial score (nSPS) is 16.2. The lowest BCUT2D eigenvalue weighted by Gasteiger charge is -2.29. The number of likely N-dealkylation sites (tertiary alicyclic amines) is 1. The van der Waals surface area contributed by atoms with Gasteiger partial charge in [0.05, 0.1) is 13.2 Å². The van der Waals surface area contributed by atoms with Crippen molar-refractivity contribution < 1.29 is 9.47 Å². The molecule has 6 nitrogen and oxygen atoms in total. The molecule has 2 rings (SSSR count). The van der Waals surface area contributed by atoms with Crippen molar-refractivity contribution in [3.63, 3.8) is 0 Å². The predicted octanol–water partition coefficient (Wildman–Crippen LogP) is 2.53.